The molecule has 1 saturated heterocycles. The highest BCUT2D eigenvalue weighted by molar-refractivity contribution is 5.86. The monoisotopic (exact) mass is 228 g/mol. The third-order valence-corrected chi connectivity index (χ3v) is 3.29. The molecule has 17 heavy (non-hydrogen) atoms. The topological polar surface area (TPSA) is 41.9 Å². The van der Waals surface area contributed by atoms with Gasteiger partial charge in [-0.25, -0.2) is 15.0 Å². The second-order valence-electron chi connectivity index (χ2n) is 4.47. The molecule has 0 radical (unpaired) electrons. The van der Waals surface area contributed by atoms with E-state index in [0.717, 1.165) is 29.9 Å². The molecule has 1 aliphatic heterocycles. The minimum Gasteiger partial charge on any atom is -0.356 e. The average molecular weight is 228 g/mol. The van der Waals surface area contributed by atoms with Crippen molar-refractivity contribution < 1.29 is 0 Å². The smallest absolute Gasteiger partial charge is 0.164 e. The lowest BCUT2D eigenvalue weighted by atomic mass is 10.2. The van der Waals surface area contributed by atoms with Crippen LogP contribution >= 0.6 is 0 Å². The number of anilines is 1. The van der Waals surface area contributed by atoms with E-state index in [0.29, 0.717) is 0 Å². The molecular formula is C13H16N4. The minimum atomic E-state index is 0.793. The van der Waals surface area contributed by atoms with Crippen molar-refractivity contribution in [1.29, 1.82) is 0 Å². The zero-order chi connectivity index (χ0) is 11.5. The summed E-state index contributed by atoms with van der Waals surface area (Å²) in [6, 6.07) is 4.01. The Labute approximate surface area is 101 Å². The largest absolute Gasteiger partial charge is 0.356 e. The summed E-state index contributed by atoms with van der Waals surface area (Å²) in [6.07, 6.45) is 8.57. The van der Waals surface area contributed by atoms with Crippen LogP contribution in [0.4, 0.5) is 5.82 Å². The van der Waals surface area contributed by atoms with Crippen LogP contribution in [0.15, 0.2) is 24.7 Å². The number of aromatic nitrogens is 3. The Kier molecular flexibility index (Phi) is 2.86. The molecule has 88 valence electrons. The predicted octanol–water partition coefficient (Wildman–Crippen LogP) is 2.41. The Balaban J connectivity index is 2.03. The van der Waals surface area contributed by atoms with Crippen LogP contribution in [-0.2, 0) is 0 Å². The first kappa shape index (κ1) is 10.4. The van der Waals surface area contributed by atoms with Gasteiger partial charge in [-0.3, -0.25) is 0 Å². The molecule has 0 saturated carbocycles. The van der Waals surface area contributed by atoms with Gasteiger partial charge in [-0.1, -0.05) is 12.8 Å². The molecule has 0 aromatic carbocycles. The summed E-state index contributed by atoms with van der Waals surface area (Å²) in [7, 11) is 0. The van der Waals surface area contributed by atoms with Gasteiger partial charge in [0.2, 0.25) is 0 Å². The van der Waals surface area contributed by atoms with Gasteiger partial charge in [-0.05, 0) is 25.0 Å². The van der Waals surface area contributed by atoms with Crippen molar-refractivity contribution in [1.82, 2.24) is 15.0 Å². The maximum atomic E-state index is 4.45. The van der Waals surface area contributed by atoms with E-state index in [2.05, 4.69) is 25.9 Å². The molecule has 0 atom stereocenters. The zero-order valence-corrected chi connectivity index (χ0v) is 9.84. The summed E-state index contributed by atoms with van der Waals surface area (Å²) in [5.41, 5.74) is 0.793. The molecule has 1 fully saturated rings. The highest BCUT2D eigenvalue weighted by atomic mass is 15.2. The van der Waals surface area contributed by atoms with E-state index in [1.807, 2.05) is 6.07 Å². The number of pyridine rings is 1. The third-order valence-electron chi connectivity index (χ3n) is 3.29. The first-order valence-corrected chi connectivity index (χ1v) is 6.26. The highest BCUT2D eigenvalue weighted by Crippen LogP contribution is 2.23. The molecule has 0 bridgehead atoms. The second-order valence-corrected chi connectivity index (χ2v) is 4.47. The van der Waals surface area contributed by atoms with Crippen molar-refractivity contribution in [3.8, 4) is 0 Å². The molecule has 3 heterocycles. The fourth-order valence-electron chi connectivity index (χ4n) is 2.42. The van der Waals surface area contributed by atoms with Crippen LogP contribution in [0.3, 0.4) is 0 Å². The van der Waals surface area contributed by atoms with Crippen LogP contribution in [0.1, 0.15) is 25.7 Å². The maximum absolute atomic E-state index is 4.45. The van der Waals surface area contributed by atoms with Crippen molar-refractivity contribution in [3.05, 3.63) is 24.7 Å². The maximum Gasteiger partial charge on any atom is 0.164 e. The van der Waals surface area contributed by atoms with Crippen LogP contribution in [0.5, 0.6) is 0 Å². The highest BCUT2D eigenvalue weighted by Gasteiger charge is 2.14. The first-order chi connectivity index (χ1) is 8.45. The van der Waals surface area contributed by atoms with Crippen LogP contribution in [0.2, 0.25) is 0 Å². The Hall–Kier alpha value is -1.71. The fourth-order valence-corrected chi connectivity index (χ4v) is 2.42. The molecule has 0 amide bonds. The van der Waals surface area contributed by atoms with Gasteiger partial charge in [0.05, 0.1) is 5.39 Å². The van der Waals surface area contributed by atoms with Crippen LogP contribution in [0.25, 0.3) is 11.0 Å². The molecule has 0 N–H and O–H groups in total. The molecule has 2 aromatic heterocycles. The summed E-state index contributed by atoms with van der Waals surface area (Å²) in [5.74, 6) is 1.05. The van der Waals surface area contributed by atoms with Gasteiger partial charge >= 0.3 is 0 Å². The molecule has 0 aliphatic carbocycles. The van der Waals surface area contributed by atoms with Crippen LogP contribution in [-0.4, -0.2) is 28.0 Å². The van der Waals surface area contributed by atoms with Crippen molar-refractivity contribution in [2.45, 2.75) is 25.7 Å². The van der Waals surface area contributed by atoms with Crippen molar-refractivity contribution in [2.75, 3.05) is 18.0 Å². The molecule has 3 rings (SSSR count). The first-order valence-electron chi connectivity index (χ1n) is 6.26. The summed E-state index contributed by atoms with van der Waals surface area (Å²) in [6.45, 7) is 2.20. The van der Waals surface area contributed by atoms with Crippen LogP contribution < -0.4 is 4.90 Å². The summed E-state index contributed by atoms with van der Waals surface area (Å²) < 4.78 is 0. The predicted molar refractivity (Wildman–Crippen MR) is 68.0 cm³/mol. The van der Waals surface area contributed by atoms with E-state index in [4.69, 9.17) is 0 Å². The van der Waals surface area contributed by atoms with E-state index in [9.17, 15) is 0 Å². The van der Waals surface area contributed by atoms with E-state index < -0.39 is 0 Å². The van der Waals surface area contributed by atoms with Gasteiger partial charge in [0, 0.05) is 19.3 Å². The van der Waals surface area contributed by atoms with Gasteiger partial charge in [-0.2, -0.15) is 0 Å². The Morgan fingerprint density at radius 2 is 1.76 bits per heavy atom. The lowest BCUT2D eigenvalue weighted by Crippen LogP contribution is -2.25. The van der Waals surface area contributed by atoms with Crippen molar-refractivity contribution >= 4 is 16.9 Å². The molecule has 4 heteroatoms. The fraction of sp³-hybridized carbons (Fsp3) is 0.462. The van der Waals surface area contributed by atoms with E-state index in [1.54, 1.807) is 12.5 Å². The number of nitrogens with zero attached hydrogens (tertiary/aromatic N) is 4. The molecule has 4 nitrogen and oxygen atoms in total. The van der Waals surface area contributed by atoms with Crippen molar-refractivity contribution in [3.63, 3.8) is 0 Å². The van der Waals surface area contributed by atoms with Gasteiger partial charge in [-0.15, -0.1) is 0 Å². The SMILES string of the molecule is c1cnc2ncnc(N3CCCCCC3)c2c1. The van der Waals surface area contributed by atoms with E-state index >= 15 is 0 Å². The molecule has 2 aromatic rings. The van der Waals surface area contributed by atoms with Gasteiger partial charge < -0.3 is 4.90 Å². The van der Waals surface area contributed by atoms with Gasteiger partial charge in [0.25, 0.3) is 0 Å². The van der Waals surface area contributed by atoms with Gasteiger partial charge in [0.15, 0.2) is 5.65 Å². The summed E-state index contributed by atoms with van der Waals surface area (Å²) in [5, 5.41) is 1.07. The standard InChI is InChI=1S/C13H16N4/c1-2-4-9-17(8-3-1)13-11-6-5-7-14-12(11)15-10-16-13/h5-7,10H,1-4,8-9H2. The van der Waals surface area contributed by atoms with E-state index in [1.165, 1.54) is 25.7 Å². The Morgan fingerprint density at radius 3 is 2.59 bits per heavy atom. The summed E-state index contributed by atoms with van der Waals surface area (Å²) in [4.78, 5) is 15.3. The number of hydrogen-bond donors (Lipinski definition) is 0. The zero-order valence-electron chi connectivity index (χ0n) is 9.84. The normalized spacial score (nSPS) is 17.1. The molecular weight excluding hydrogens is 212 g/mol. The third kappa shape index (κ3) is 2.07. The van der Waals surface area contributed by atoms with Crippen molar-refractivity contribution in [2.24, 2.45) is 0 Å². The summed E-state index contributed by atoms with van der Waals surface area (Å²) >= 11 is 0. The van der Waals surface area contributed by atoms with Gasteiger partial charge in [0.1, 0.15) is 12.1 Å². The number of fused-ring (bicyclic) bond motifs is 1. The number of hydrogen-bond acceptors (Lipinski definition) is 4. The van der Waals surface area contributed by atoms with E-state index in [-0.39, 0.29) is 0 Å². The molecule has 0 spiro atoms. The minimum absolute atomic E-state index is 0.793. The average Bonchev–Trinajstić information content (AvgIpc) is 2.67. The lowest BCUT2D eigenvalue weighted by molar-refractivity contribution is 0.726. The Morgan fingerprint density at radius 1 is 0.941 bits per heavy atom. The Bertz CT molecular complexity index is 498. The van der Waals surface area contributed by atoms with Crippen LogP contribution in [0, 0.1) is 0 Å². The lowest BCUT2D eigenvalue weighted by Gasteiger charge is -2.22. The second kappa shape index (κ2) is 4.65. The quantitative estimate of drug-likeness (QED) is 0.751. The number of rotatable bonds is 1. The molecule has 0 unspecified atom stereocenters. The molecule has 1 aliphatic rings.